The Bertz CT molecular complexity index is 319. The number of rotatable bonds is 1. The lowest BCUT2D eigenvalue weighted by Gasteiger charge is -2.10. The molecule has 1 aromatic carbocycles. The molecule has 0 amide bonds. The first-order valence-corrected chi connectivity index (χ1v) is 4.74. The predicted molar refractivity (Wildman–Crippen MR) is 49.6 cm³/mol. The average molecular weight is 198 g/mol. The minimum absolute atomic E-state index is 0.0153. The van der Waals surface area contributed by atoms with Gasteiger partial charge in [-0.3, -0.25) is 0 Å². The summed E-state index contributed by atoms with van der Waals surface area (Å²) in [5.74, 6) is -2.37. The largest absolute Gasteiger partial charge is 0.508 e. The first-order valence-electron chi connectivity index (χ1n) is 4.74. The van der Waals surface area contributed by atoms with E-state index in [1.54, 1.807) is 24.3 Å². The van der Waals surface area contributed by atoms with Gasteiger partial charge in [0, 0.05) is 12.8 Å². The van der Waals surface area contributed by atoms with Crippen LogP contribution in [-0.2, 0) is 0 Å². The second-order valence-corrected chi connectivity index (χ2v) is 3.89. The van der Waals surface area contributed by atoms with Crippen molar-refractivity contribution in [3.05, 3.63) is 29.8 Å². The summed E-state index contributed by atoms with van der Waals surface area (Å²) in [6, 6.07) is 6.54. The molecule has 0 heterocycles. The molecule has 3 heteroatoms. The van der Waals surface area contributed by atoms with Crippen molar-refractivity contribution < 1.29 is 13.9 Å². The molecule has 1 aromatic rings. The molecule has 76 valence electrons. The maximum absolute atomic E-state index is 12.9. The Hall–Kier alpha value is -1.12. The van der Waals surface area contributed by atoms with Crippen LogP contribution in [0.5, 0.6) is 5.75 Å². The smallest absolute Gasteiger partial charge is 0.248 e. The Kier molecular flexibility index (Phi) is 2.17. The van der Waals surface area contributed by atoms with Crippen LogP contribution < -0.4 is 0 Å². The van der Waals surface area contributed by atoms with E-state index in [0.717, 1.165) is 5.56 Å². The number of halogens is 2. The highest BCUT2D eigenvalue weighted by Gasteiger charge is 2.39. The van der Waals surface area contributed by atoms with Crippen molar-refractivity contribution in [3.63, 3.8) is 0 Å². The lowest BCUT2D eigenvalue weighted by atomic mass is 9.97. The van der Waals surface area contributed by atoms with Gasteiger partial charge in [-0.25, -0.2) is 8.78 Å². The first-order chi connectivity index (χ1) is 6.57. The van der Waals surface area contributed by atoms with E-state index in [4.69, 9.17) is 5.11 Å². The van der Waals surface area contributed by atoms with Crippen LogP contribution in [0.1, 0.15) is 30.7 Å². The van der Waals surface area contributed by atoms with E-state index < -0.39 is 5.92 Å². The monoisotopic (exact) mass is 198 g/mol. The third kappa shape index (κ3) is 1.86. The van der Waals surface area contributed by atoms with Gasteiger partial charge < -0.3 is 5.11 Å². The van der Waals surface area contributed by atoms with Gasteiger partial charge in [0.15, 0.2) is 0 Å². The Morgan fingerprint density at radius 1 is 1.21 bits per heavy atom. The van der Waals surface area contributed by atoms with E-state index in [1.807, 2.05) is 0 Å². The number of alkyl halides is 2. The van der Waals surface area contributed by atoms with Crippen molar-refractivity contribution in [2.75, 3.05) is 0 Å². The van der Waals surface area contributed by atoms with E-state index in [2.05, 4.69) is 0 Å². The van der Waals surface area contributed by atoms with E-state index in [0.29, 0.717) is 6.42 Å². The van der Waals surface area contributed by atoms with E-state index >= 15 is 0 Å². The third-order valence-electron chi connectivity index (χ3n) is 2.77. The second-order valence-electron chi connectivity index (χ2n) is 3.89. The molecule has 1 N–H and O–H groups in total. The molecule has 0 aliphatic heterocycles. The first kappa shape index (κ1) is 9.44. The quantitative estimate of drug-likeness (QED) is 0.734. The van der Waals surface area contributed by atoms with Gasteiger partial charge in [0.2, 0.25) is 5.92 Å². The maximum Gasteiger partial charge on any atom is 0.248 e. The van der Waals surface area contributed by atoms with Crippen LogP contribution in [0.25, 0.3) is 0 Å². The third-order valence-corrected chi connectivity index (χ3v) is 2.77. The molecule has 0 spiro atoms. The predicted octanol–water partition coefficient (Wildman–Crippen LogP) is 3.30. The molecular formula is C11H12F2O. The van der Waals surface area contributed by atoms with Gasteiger partial charge in [0.05, 0.1) is 0 Å². The van der Waals surface area contributed by atoms with Gasteiger partial charge in [-0.1, -0.05) is 12.1 Å². The van der Waals surface area contributed by atoms with E-state index in [9.17, 15) is 8.78 Å². The molecule has 1 unspecified atom stereocenters. The lowest BCUT2D eigenvalue weighted by Crippen LogP contribution is -2.08. The van der Waals surface area contributed by atoms with Crippen molar-refractivity contribution in [2.24, 2.45) is 0 Å². The Morgan fingerprint density at radius 3 is 2.36 bits per heavy atom. The van der Waals surface area contributed by atoms with Gasteiger partial charge in [-0.15, -0.1) is 0 Å². The minimum Gasteiger partial charge on any atom is -0.508 e. The highest BCUT2D eigenvalue weighted by Crippen LogP contribution is 2.44. The summed E-state index contributed by atoms with van der Waals surface area (Å²) in [5.41, 5.74) is 0.903. The molecular weight excluding hydrogens is 186 g/mol. The van der Waals surface area contributed by atoms with Crippen LogP contribution in [0, 0.1) is 0 Å². The fourth-order valence-corrected chi connectivity index (χ4v) is 1.98. The molecule has 1 atom stereocenters. The normalized spacial score (nSPS) is 25.1. The second kappa shape index (κ2) is 3.23. The van der Waals surface area contributed by atoms with Crippen LogP contribution in [-0.4, -0.2) is 11.0 Å². The molecule has 0 bridgehead atoms. The van der Waals surface area contributed by atoms with E-state index in [-0.39, 0.29) is 24.5 Å². The van der Waals surface area contributed by atoms with Crippen LogP contribution in [0.15, 0.2) is 24.3 Å². The standard InChI is InChI=1S/C11H12F2O/c12-11(13)6-5-9(7-11)8-1-3-10(14)4-2-8/h1-4,9,14H,5-7H2. The maximum atomic E-state index is 12.9. The Balaban J connectivity index is 2.14. The molecule has 0 aromatic heterocycles. The van der Waals surface area contributed by atoms with Crippen LogP contribution in [0.3, 0.4) is 0 Å². The minimum atomic E-state index is -2.50. The van der Waals surface area contributed by atoms with Crippen LogP contribution in [0.2, 0.25) is 0 Å². The average Bonchev–Trinajstić information content (AvgIpc) is 2.47. The van der Waals surface area contributed by atoms with Gasteiger partial charge in [0.1, 0.15) is 5.75 Å². The highest BCUT2D eigenvalue weighted by atomic mass is 19.3. The molecule has 1 nitrogen and oxygen atoms in total. The zero-order valence-corrected chi connectivity index (χ0v) is 7.71. The molecule has 1 fully saturated rings. The van der Waals surface area contributed by atoms with Gasteiger partial charge in [-0.2, -0.15) is 0 Å². The molecule has 1 aliphatic rings. The van der Waals surface area contributed by atoms with Gasteiger partial charge in [0.25, 0.3) is 0 Å². The summed E-state index contributed by atoms with van der Waals surface area (Å²) in [7, 11) is 0. The zero-order chi connectivity index (χ0) is 10.2. The van der Waals surface area contributed by atoms with Crippen molar-refractivity contribution in [2.45, 2.75) is 31.1 Å². The number of benzene rings is 1. The van der Waals surface area contributed by atoms with Crippen molar-refractivity contribution in [1.29, 1.82) is 0 Å². The highest BCUT2D eigenvalue weighted by molar-refractivity contribution is 5.29. The van der Waals surface area contributed by atoms with Crippen molar-refractivity contribution in [3.8, 4) is 5.75 Å². The number of hydrogen-bond acceptors (Lipinski definition) is 1. The summed E-state index contributed by atoms with van der Waals surface area (Å²) in [4.78, 5) is 0. The lowest BCUT2D eigenvalue weighted by molar-refractivity contribution is 0.00777. The summed E-state index contributed by atoms with van der Waals surface area (Å²) in [6.45, 7) is 0. The summed E-state index contributed by atoms with van der Waals surface area (Å²) < 4.78 is 25.8. The number of phenolic OH excluding ortho intramolecular Hbond substituents is 1. The summed E-state index contributed by atoms with van der Waals surface area (Å²) in [6.07, 6.45) is 0.466. The van der Waals surface area contributed by atoms with Crippen LogP contribution >= 0.6 is 0 Å². The van der Waals surface area contributed by atoms with E-state index in [1.165, 1.54) is 0 Å². The SMILES string of the molecule is Oc1ccc(C2CCC(F)(F)C2)cc1. The number of phenols is 1. The summed E-state index contributed by atoms with van der Waals surface area (Å²) >= 11 is 0. The topological polar surface area (TPSA) is 20.2 Å². The zero-order valence-electron chi connectivity index (χ0n) is 7.71. The Labute approximate surface area is 81.4 Å². The molecule has 0 saturated heterocycles. The molecule has 1 saturated carbocycles. The molecule has 14 heavy (non-hydrogen) atoms. The fraction of sp³-hybridized carbons (Fsp3) is 0.455. The van der Waals surface area contributed by atoms with Gasteiger partial charge in [-0.05, 0) is 30.0 Å². The number of aromatic hydroxyl groups is 1. The molecule has 1 aliphatic carbocycles. The molecule has 2 rings (SSSR count). The Morgan fingerprint density at radius 2 is 1.86 bits per heavy atom. The van der Waals surface area contributed by atoms with Crippen LogP contribution in [0.4, 0.5) is 8.78 Å². The van der Waals surface area contributed by atoms with Crippen molar-refractivity contribution in [1.82, 2.24) is 0 Å². The fourth-order valence-electron chi connectivity index (χ4n) is 1.98. The summed E-state index contributed by atoms with van der Waals surface area (Å²) in [5, 5.41) is 9.05. The number of hydrogen-bond donors (Lipinski definition) is 1. The molecule has 0 radical (unpaired) electrons. The van der Waals surface area contributed by atoms with Crippen molar-refractivity contribution >= 4 is 0 Å². The van der Waals surface area contributed by atoms with Gasteiger partial charge >= 0.3 is 0 Å².